The molecular weight excluding hydrogens is 347 g/mol. The third kappa shape index (κ3) is 3.43. The summed E-state index contributed by atoms with van der Waals surface area (Å²) < 4.78 is 1.36. The van der Waals surface area contributed by atoms with Gasteiger partial charge in [-0.05, 0) is 47.1 Å². The van der Waals surface area contributed by atoms with Crippen molar-refractivity contribution in [1.82, 2.24) is 5.32 Å². The van der Waals surface area contributed by atoms with Crippen LogP contribution in [-0.4, -0.2) is 25.2 Å². The molecule has 3 unspecified atom stereocenters. The zero-order chi connectivity index (χ0) is 13.8. The Labute approximate surface area is 131 Å². The minimum atomic E-state index is 0.615. The van der Waals surface area contributed by atoms with Gasteiger partial charge in [0, 0.05) is 28.7 Å². The average molecular weight is 372 g/mol. The van der Waals surface area contributed by atoms with Crippen LogP contribution in [0.25, 0.3) is 0 Å². The van der Waals surface area contributed by atoms with Gasteiger partial charge < -0.3 is 10.2 Å². The third-order valence-electron chi connectivity index (χ3n) is 4.41. The Morgan fingerprint density at radius 2 is 2.11 bits per heavy atom. The van der Waals surface area contributed by atoms with Gasteiger partial charge in [-0.2, -0.15) is 0 Å². The first-order valence-electron chi connectivity index (χ1n) is 7.41. The molecule has 1 saturated heterocycles. The normalized spacial score (nSPS) is 25.4. The van der Waals surface area contributed by atoms with Gasteiger partial charge in [0.1, 0.15) is 0 Å². The van der Waals surface area contributed by atoms with E-state index in [0.29, 0.717) is 12.1 Å². The number of rotatable bonds is 4. The molecule has 1 heterocycles. The fourth-order valence-electron chi connectivity index (χ4n) is 2.83. The Morgan fingerprint density at radius 1 is 1.37 bits per heavy atom. The topological polar surface area (TPSA) is 15.3 Å². The first kappa shape index (κ1) is 15.1. The molecule has 0 aliphatic carbocycles. The maximum absolute atomic E-state index is 3.75. The fraction of sp³-hybridized carbons (Fsp3) is 0.625. The molecule has 2 rings (SSSR count). The minimum Gasteiger partial charge on any atom is -0.365 e. The van der Waals surface area contributed by atoms with Crippen molar-refractivity contribution in [3.05, 3.63) is 27.8 Å². The van der Waals surface area contributed by atoms with E-state index in [2.05, 4.69) is 77.8 Å². The summed E-state index contributed by atoms with van der Waals surface area (Å²) in [6, 6.07) is 10.00. The first-order chi connectivity index (χ1) is 9.17. The molecule has 1 aromatic carbocycles. The van der Waals surface area contributed by atoms with Crippen molar-refractivity contribution in [3.63, 3.8) is 0 Å². The van der Waals surface area contributed by atoms with Crippen molar-refractivity contribution in [1.29, 1.82) is 0 Å². The first-order valence-corrected chi connectivity index (χ1v) is 8.49. The van der Waals surface area contributed by atoms with Crippen LogP contribution in [0, 0.1) is 9.49 Å². The molecule has 0 spiro atoms. The number of nitrogens with zero attached hydrogens (tertiary/aromatic N) is 1. The van der Waals surface area contributed by atoms with Crippen molar-refractivity contribution >= 4 is 28.3 Å². The highest BCUT2D eigenvalue weighted by Gasteiger charge is 2.29. The molecule has 0 amide bonds. The van der Waals surface area contributed by atoms with Crippen LogP contribution >= 0.6 is 22.6 Å². The lowest BCUT2D eigenvalue weighted by Gasteiger charge is -2.44. The second-order valence-corrected chi connectivity index (χ2v) is 6.73. The summed E-state index contributed by atoms with van der Waals surface area (Å²) in [5.41, 5.74) is 1.41. The fourth-order valence-corrected chi connectivity index (χ4v) is 3.53. The number of para-hydroxylation sites is 1. The lowest BCUT2D eigenvalue weighted by molar-refractivity contribution is 0.306. The number of piperazine rings is 1. The Morgan fingerprint density at radius 3 is 2.74 bits per heavy atom. The van der Waals surface area contributed by atoms with Crippen molar-refractivity contribution in [3.8, 4) is 0 Å². The Kier molecular flexibility index (Phi) is 5.51. The van der Waals surface area contributed by atoms with E-state index in [9.17, 15) is 0 Å². The van der Waals surface area contributed by atoms with Gasteiger partial charge >= 0.3 is 0 Å². The van der Waals surface area contributed by atoms with Crippen molar-refractivity contribution in [2.45, 2.75) is 45.7 Å². The lowest BCUT2D eigenvalue weighted by Crippen LogP contribution is -2.58. The Bertz CT molecular complexity index is 407. The van der Waals surface area contributed by atoms with Crippen molar-refractivity contribution < 1.29 is 0 Å². The van der Waals surface area contributed by atoms with Gasteiger partial charge in [0.05, 0.1) is 5.69 Å². The monoisotopic (exact) mass is 372 g/mol. The van der Waals surface area contributed by atoms with Gasteiger partial charge in [0.15, 0.2) is 0 Å². The molecule has 2 nitrogen and oxygen atoms in total. The van der Waals surface area contributed by atoms with E-state index in [1.807, 2.05) is 0 Å². The summed E-state index contributed by atoms with van der Waals surface area (Å²) in [5.74, 6) is 0.738. The lowest BCUT2D eigenvalue weighted by atomic mass is 9.94. The van der Waals surface area contributed by atoms with Gasteiger partial charge in [-0.1, -0.05) is 39.3 Å². The summed E-state index contributed by atoms with van der Waals surface area (Å²) in [6.07, 6.45) is 2.44. The van der Waals surface area contributed by atoms with E-state index in [1.54, 1.807) is 0 Å². The standard InChI is InChI=1S/C16H25IN2/c1-4-12(3)15-11-19(13(5-2)10-18-15)16-9-7-6-8-14(16)17/h6-9,12-13,15,18H,4-5,10-11H2,1-3H3. The molecule has 19 heavy (non-hydrogen) atoms. The summed E-state index contributed by atoms with van der Waals surface area (Å²) in [5, 5.41) is 3.75. The van der Waals surface area contributed by atoms with E-state index in [1.165, 1.54) is 22.1 Å². The highest BCUT2D eigenvalue weighted by atomic mass is 127. The summed E-state index contributed by atoms with van der Waals surface area (Å²) >= 11 is 2.46. The number of hydrogen-bond acceptors (Lipinski definition) is 2. The predicted molar refractivity (Wildman–Crippen MR) is 91.8 cm³/mol. The van der Waals surface area contributed by atoms with Gasteiger partial charge in [-0.15, -0.1) is 0 Å². The van der Waals surface area contributed by atoms with Crippen LogP contribution in [0.15, 0.2) is 24.3 Å². The second-order valence-electron chi connectivity index (χ2n) is 5.57. The van der Waals surface area contributed by atoms with Gasteiger partial charge in [0.2, 0.25) is 0 Å². The zero-order valence-electron chi connectivity index (χ0n) is 12.2. The molecule has 0 saturated carbocycles. The highest BCUT2D eigenvalue weighted by Crippen LogP contribution is 2.28. The molecule has 1 fully saturated rings. The van der Waals surface area contributed by atoms with E-state index in [0.717, 1.165) is 19.0 Å². The molecular formula is C16H25IN2. The molecule has 106 valence electrons. The van der Waals surface area contributed by atoms with Crippen LogP contribution in [0.3, 0.4) is 0 Å². The van der Waals surface area contributed by atoms with Gasteiger partial charge in [0.25, 0.3) is 0 Å². The quantitative estimate of drug-likeness (QED) is 0.807. The molecule has 1 aliphatic rings. The summed E-state index contributed by atoms with van der Waals surface area (Å²) in [7, 11) is 0. The van der Waals surface area contributed by atoms with Crippen LogP contribution in [-0.2, 0) is 0 Å². The van der Waals surface area contributed by atoms with Crippen molar-refractivity contribution in [2.75, 3.05) is 18.0 Å². The van der Waals surface area contributed by atoms with Gasteiger partial charge in [-0.3, -0.25) is 0 Å². The van der Waals surface area contributed by atoms with Gasteiger partial charge in [-0.25, -0.2) is 0 Å². The average Bonchev–Trinajstić information content (AvgIpc) is 2.46. The minimum absolute atomic E-state index is 0.615. The second kappa shape index (κ2) is 6.93. The Hall–Kier alpha value is -0.290. The molecule has 0 radical (unpaired) electrons. The van der Waals surface area contributed by atoms with Crippen LogP contribution < -0.4 is 10.2 Å². The maximum Gasteiger partial charge on any atom is 0.0505 e. The van der Waals surface area contributed by atoms with E-state index in [4.69, 9.17) is 0 Å². The number of nitrogens with one attached hydrogen (secondary N) is 1. The smallest absolute Gasteiger partial charge is 0.0505 e. The Balaban J connectivity index is 2.21. The molecule has 1 N–H and O–H groups in total. The largest absolute Gasteiger partial charge is 0.365 e. The number of anilines is 1. The van der Waals surface area contributed by atoms with E-state index < -0.39 is 0 Å². The number of halogens is 1. The summed E-state index contributed by atoms with van der Waals surface area (Å²) in [6.45, 7) is 9.18. The molecule has 1 aliphatic heterocycles. The SMILES string of the molecule is CCC(C)C1CN(c2ccccc2I)C(CC)CN1. The van der Waals surface area contributed by atoms with Crippen LogP contribution in [0.2, 0.25) is 0 Å². The van der Waals surface area contributed by atoms with E-state index in [-0.39, 0.29) is 0 Å². The van der Waals surface area contributed by atoms with Crippen molar-refractivity contribution in [2.24, 2.45) is 5.92 Å². The molecule has 1 aromatic rings. The van der Waals surface area contributed by atoms with Crippen LogP contribution in [0.5, 0.6) is 0 Å². The third-order valence-corrected chi connectivity index (χ3v) is 5.33. The molecule has 0 bridgehead atoms. The summed E-state index contributed by atoms with van der Waals surface area (Å²) in [4.78, 5) is 2.62. The number of benzene rings is 1. The molecule has 0 aromatic heterocycles. The molecule has 3 atom stereocenters. The zero-order valence-corrected chi connectivity index (χ0v) is 14.4. The molecule has 3 heteroatoms. The van der Waals surface area contributed by atoms with Crippen LogP contribution in [0.1, 0.15) is 33.6 Å². The van der Waals surface area contributed by atoms with E-state index >= 15 is 0 Å². The van der Waals surface area contributed by atoms with Crippen LogP contribution in [0.4, 0.5) is 5.69 Å². The highest BCUT2D eigenvalue weighted by molar-refractivity contribution is 14.1. The predicted octanol–water partition coefficient (Wildman–Crippen LogP) is 3.89. The number of hydrogen-bond donors (Lipinski definition) is 1. The maximum atomic E-state index is 3.75.